The van der Waals surface area contributed by atoms with Crippen LogP contribution in [0.15, 0.2) is 53.6 Å². The van der Waals surface area contributed by atoms with Crippen LogP contribution in [0.4, 0.5) is 5.69 Å². The van der Waals surface area contributed by atoms with Gasteiger partial charge in [0.2, 0.25) is 11.8 Å². The first-order valence-corrected chi connectivity index (χ1v) is 7.35. The van der Waals surface area contributed by atoms with Crippen LogP contribution < -0.4 is 10.7 Å². The van der Waals surface area contributed by atoms with Gasteiger partial charge >= 0.3 is 0 Å². The summed E-state index contributed by atoms with van der Waals surface area (Å²) in [5.74, 6) is -0.905. The first kappa shape index (κ1) is 16.7. The lowest BCUT2D eigenvalue weighted by atomic mass is 10.2. The van der Waals surface area contributed by atoms with Crippen LogP contribution in [0.25, 0.3) is 0 Å². The molecule has 0 saturated heterocycles. The molecule has 23 heavy (non-hydrogen) atoms. The highest BCUT2D eigenvalue weighted by Crippen LogP contribution is 2.12. The van der Waals surface area contributed by atoms with Crippen molar-refractivity contribution >= 4 is 35.3 Å². The van der Waals surface area contributed by atoms with E-state index in [0.29, 0.717) is 16.3 Å². The summed E-state index contributed by atoms with van der Waals surface area (Å²) in [6.45, 7) is 1.95. The maximum Gasteiger partial charge on any atom is 0.249 e. The number of carbonyl (C=O) groups excluding carboxylic acids is 2. The largest absolute Gasteiger partial charge is 0.326 e. The number of aryl methyl sites for hydroxylation is 1. The summed E-state index contributed by atoms with van der Waals surface area (Å²) in [5.41, 5.74) is 4.71. The first-order valence-electron chi connectivity index (χ1n) is 6.97. The Labute approximate surface area is 139 Å². The minimum atomic E-state index is -0.502. The highest BCUT2D eigenvalue weighted by molar-refractivity contribution is 6.33. The van der Waals surface area contributed by atoms with Crippen molar-refractivity contribution in [2.45, 2.75) is 13.3 Å². The number of nitrogens with one attached hydrogen (secondary N) is 2. The quantitative estimate of drug-likeness (QED) is 0.502. The fraction of sp³-hybridized carbons (Fsp3) is 0.118. The molecule has 2 N–H and O–H groups in total. The van der Waals surface area contributed by atoms with E-state index in [9.17, 15) is 9.59 Å². The molecule has 0 unspecified atom stereocenters. The van der Waals surface area contributed by atoms with E-state index in [2.05, 4.69) is 15.8 Å². The number of hydrazone groups is 1. The molecule has 0 aliphatic carbocycles. The van der Waals surface area contributed by atoms with Gasteiger partial charge in [0.25, 0.3) is 0 Å². The van der Waals surface area contributed by atoms with Gasteiger partial charge in [-0.15, -0.1) is 0 Å². The van der Waals surface area contributed by atoms with Crippen LogP contribution in [-0.2, 0) is 9.59 Å². The molecule has 0 fully saturated rings. The van der Waals surface area contributed by atoms with Crippen LogP contribution in [0.1, 0.15) is 17.5 Å². The molecule has 2 aromatic rings. The average molecular weight is 330 g/mol. The number of hydrogen-bond acceptors (Lipinski definition) is 3. The molecule has 0 aromatic heterocycles. The van der Waals surface area contributed by atoms with Gasteiger partial charge in [-0.05, 0) is 25.1 Å². The molecular formula is C17H16ClN3O2. The summed E-state index contributed by atoms with van der Waals surface area (Å²) < 4.78 is 0. The second kappa shape index (κ2) is 8.10. The fourth-order valence-corrected chi connectivity index (χ4v) is 1.97. The molecule has 0 atom stereocenters. The van der Waals surface area contributed by atoms with Crippen LogP contribution in [0.3, 0.4) is 0 Å². The van der Waals surface area contributed by atoms with Crippen molar-refractivity contribution in [1.29, 1.82) is 0 Å². The molecule has 2 amide bonds. The SMILES string of the molecule is Cc1ccc(NC(=O)CC(=O)NN=Cc2ccccc2Cl)cc1. The molecule has 0 aliphatic heterocycles. The Balaban J connectivity index is 1.81. The lowest BCUT2D eigenvalue weighted by molar-refractivity contribution is -0.126. The van der Waals surface area contributed by atoms with Crippen molar-refractivity contribution in [1.82, 2.24) is 5.43 Å². The molecule has 0 radical (unpaired) electrons. The number of rotatable bonds is 5. The Morgan fingerprint density at radius 1 is 1.09 bits per heavy atom. The molecule has 118 valence electrons. The van der Waals surface area contributed by atoms with Crippen LogP contribution in [0, 0.1) is 6.92 Å². The van der Waals surface area contributed by atoms with Crippen LogP contribution in [0.5, 0.6) is 0 Å². The fourth-order valence-electron chi connectivity index (χ4n) is 1.78. The average Bonchev–Trinajstić information content (AvgIpc) is 2.51. The van der Waals surface area contributed by atoms with Gasteiger partial charge < -0.3 is 5.32 Å². The number of anilines is 1. The zero-order chi connectivity index (χ0) is 16.7. The third kappa shape index (κ3) is 5.56. The van der Waals surface area contributed by atoms with Gasteiger partial charge in [0.15, 0.2) is 0 Å². The number of carbonyl (C=O) groups is 2. The maximum atomic E-state index is 11.8. The van der Waals surface area contributed by atoms with E-state index in [1.54, 1.807) is 30.3 Å². The molecule has 0 heterocycles. The molecule has 5 nitrogen and oxygen atoms in total. The first-order chi connectivity index (χ1) is 11.0. The number of amides is 2. The highest BCUT2D eigenvalue weighted by atomic mass is 35.5. The number of halogens is 1. The molecule has 2 rings (SSSR count). The van der Waals surface area contributed by atoms with Crippen molar-refractivity contribution in [2.24, 2.45) is 5.10 Å². The van der Waals surface area contributed by atoms with E-state index in [1.165, 1.54) is 6.21 Å². The van der Waals surface area contributed by atoms with Gasteiger partial charge in [-0.1, -0.05) is 47.5 Å². The summed E-state index contributed by atoms with van der Waals surface area (Å²) in [4.78, 5) is 23.4. The Kier molecular flexibility index (Phi) is 5.88. The van der Waals surface area contributed by atoms with E-state index in [1.807, 2.05) is 25.1 Å². The molecule has 0 spiro atoms. The van der Waals surface area contributed by atoms with Gasteiger partial charge in [0.1, 0.15) is 6.42 Å². The summed E-state index contributed by atoms with van der Waals surface area (Å²) >= 11 is 5.96. The van der Waals surface area contributed by atoms with E-state index in [4.69, 9.17) is 11.6 Å². The van der Waals surface area contributed by atoms with Crippen molar-refractivity contribution in [3.05, 3.63) is 64.7 Å². The lowest BCUT2D eigenvalue weighted by Crippen LogP contribution is -2.24. The lowest BCUT2D eigenvalue weighted by Gasteiger charge is -2.04. The molecule has 0 saturated carbocycles. The summed E-state index contributed by atoms with van der Waals surface area (Å²) in [5, 5.41) is 6.96. The second-order valence-corrected chi connectivity index (χ2v) is 5.31. The third-order valence-electron chi connectivity index (χ3n) is 2.95. The zero-order valence-corrected chi connectivity index (χ0v) is 13.3. The minimum absolute atomic E-state index is 0.312. The Hall–Kier alpha value is -2.66. The van der Waals surface area contributed by atoms with Crippen molar-refractivity contribution in [3.8, 4) is 0 Å². The standard InChI is InChI=1S/C17H16ClN3O2/c1-12-6-8-14(9-7-12)20-16(22)10-17(23)21-19-11-13-4-2-3-5-15(13)18/h2-9,11H,10H2,1H3,(H,20,22)(H,21,23). The second-order valence-electron chi connectivity index (χ2n) is 4.91. The predicted molar refractivity (Wildman–Crippen MR) is 91.6 cm³/mol. The van der Waals surface area contributed by atoms with Gasteiger partial charge in [-0.2, -0.15) is 5.10 Å². The van der Waals surface area contributed by atoms with Gasteiger partial charge in [-0.3, -0.25) is 9.59 Å². The van der Waals surface area contributed by atoms with E-state index < -0.39 is 11.8 Å². The van der Waals surface area contributed by atoms with Crippen LogP contribution in [0.2, 0.25) is 5.02 Å². The Bertz CT molecular complexity index is 727. The molecule has 0 aliphatic rings. The van der Waals surface area contributed by atoms with Crippen LogP contribution >= 0.6 is 11.6 Å². The predicted octanol–water partition coefficient (Wildman–Crippen LogP) is 3.13. The smallest absolute Gasteiger partial charge is 0.249 e. The van der Waals surface area contributed by atoms with E-state index in [0.717, 1.165) is 5.56 Å². The molecule has 6 heteroatoms. The topological polar surface area (TPSA) is 70.6 Å². The maximum absolute atomic E-state index is 11.8. The third-order valence-corrected chi connectivity index (χ3v) is 3.30. The van der Waals surface area contributed by atoms with Crippen molar-refractivity contribution in [3.63, 3.8) is 0 Å². The summed E-state index contributed by atoms with van der Waals surface area (Å²) in [6, 6.07) is 14.4. The van der Waals surface area contributed by atoms with E-state index >= 15 is 0 Å². The van der Waals surface area contributed by atoms with Crippen LogP contribution in [-0.4, -0.2) is 18.0 Å². The molecular weight excluding hydrogens is 314 g/mol. The normalized spacial score (nSPS) is 10.5. The molecule has 2 aromatic carbocycles. The number of nitrogens with zero attached hydrogens (tertiary/aromatic N) is 1. The highest BCUT2D eigenvalue weighted by Gasteiger charge is 2.08. The van der Waals surface area contributed by atoms with Gasteiger partial charge in [0, 0.05) is 16.3 Å². The van der Waals surface area contributed by atoms with Gasteiger partial charge in [-0.25, -0.2) is 5.43 Å². The molecule has 0 bridgehead atoms. The summed E-state index contributed by atoms with van der Waals surface area (Å²) in [6.07, 6.45) is 1.12. The Morgan fingerprint density at radius 3 is 2.48 bits per heavy atom. The van der Waals surface area contributed by atoms with E-state index in [-0.39, 0.29) is 6.42 Å². The monoisotopic (exact) mass is 329 g/mol. The van der Waals surface area contributed by atoms with Crippen molar-refractivity contribution in [2.75, 3.05) is 5.32 Å². The number of hydrogen-bond donors (Lipinski definition) is 2. The zero-order valence-electron chi connectivity index (χ0n) is 12.5. The summed E-state index contributed by atoms with van der Waals surface area (Å²) in [7, 11) is 0. The number of benzene rings is 2. The van der Waals surface area contributed by atoms with Gasteiger partial charge in [0.05, 0.1) is 6.21 Å². The Morgan fingerprint density at radius 2 is 1.78 bits per heavy atom. The minimum Gasteiger partial charge on any atom is -0.326 e. The van der Waals surface area contributed by atoms with Crippen molar-refractivity contribution < 1.29 is 9.59 Å².